The summed E-state index contributed by atoms with van der Waals surface area (Å²) < 4.78 is 0. The summed E-state index contributed by atoms with van der Waals surface area (Å²) in [6.45, 7) is 3.35. The van der Waals surface area contributed by atoms with E-state index in [2.05, 4.69) is 0 Å². The third-order valence-electron chi connectivity index (χ3n) is 3.69. The zero-order chi connectivity index (χ0) is 14.9. The molecule has 4 nitrogen and oxygen atoms in total. The van der Waals surface area contributed by atoms with Gasteiger partial charge in [-0.1, -0.05) is 23.7 Å². The fourth-order valence-corrected chi connectivity index (χ4v) is 2.50. The minimum atomic E-state index is -0.969. The molecule has 1 fully saturated rings. The summed E-state index contributed by atoms with van der Waals surface area (Å²) in [6.07, 6.45) is 1.76. The lowest BCUT2D eigenvalue weighted by molar-refractivity contribution is -0.150. The van der Waals surface area contributed by atoms with E-state index < -0.39 is 17.9 Å². The van der Waals surface area contributed by atoms with E-state index in [0.29, 0.717) is 5.02 Å². The summed E-state index contributed by atoms with van der Waals surface area (Å²) in [5, 5.41) is 9.73. The molecular weight excluding hydrogens is 278 g/mol. The van der Waals surface area contributed by atoms with Crippen molar-refractivity contribution in [3.63, 3.8) is 0 Å². The Morgan fingerprint density at radius 3 is 2.50 bits per heavy atom. The highest BCUT2D eigenvalue weighted by Gasteiger charge is 2.40. The Kier molecular flexibility index (Phi) is 4.33. The standard InChI is InChI=1S/C15H18ClNO3/c1-9(11-4-3-5-12(16)8-11)14(18)17(13-6-7-13)10(2)15(19)20/h3-5,8-10,13H,6-7H2,1-2H3,(H,19,20). The van der Waals surface area contributed by atoms with Gasteiger partial charge in [-0.15, -0.1) is 0 Å². The SMILES string of the molecule is CC(C(=O)N(C1CC1)C(C)C(=O)O)c1cccc(Cl)c1. The average molecular weight is 296 g/mol. The third-order valence-corrected chi connectivity index (χ3v) is 3.92. The minimum Gasteiger partial charge on any atom is -0.480 e. The van der Waals surface area contributed by atoms with E-state index in [9.17, 15) is 9.59 Å². The molecule has 2 unspecified atom stereocenters. The topological polar surface area (TPSA) is 57.6 Å². The van der Waals surface area contributed by atoms with Crippen LogP contribution in [-0.2, 0) is 9.59 Å². The van der Waals surface area contributed by atoms with Crippen molar-refractivity contribution < 1.29 is 14.7 Å². The highest BCUT2D eigenvalue weighted by atomic mass is 35.5. The van der Waals surface area contributed by atoms with Gasteiger partial charge < -0.3 is 10.0 Å². The van der Waals surface area contributed by atoms with Crippen LogP contribution in [0.5, 0.6) is 0 Å². The molecular formula is C15H18ClNO3. The van der Waals surface area contributed by atoms with Crippen molar-refractivity contribution in [2.24, 2.45) is 0 Å². The van der Waals surface area contributed by atoms with Crippen LogP contribution in [0.15, 0.2) is 24.3 Å². The van der Waals surface area contributed by atoms with Gasteiger partial charge in [-0.25, -0.2) is 4.79 Å². The maximum Gasteiger partial charge on any atom is 0.326 e. The summed E-state index contributed by atoms with van der Waals surface area (Å²) in [7, 11) is 0. The van der Waals surface area contributed by atoms with E-state index in [4.69, 9.17) is 16.7 Å². The first-order valence-electron chi connectivity index (χ1n) is 6.72. The number of nitrogens with zero attached hydrogens (tertiary/aromatic N) is 1. The normalized spacial score (nSPS) is 17.4. The first-order valence-corrected chi connectivity index (χ1v) is 7.10. The van der Waals surface area contributed by atoms with Gasteiger partial charge in [-0.05, 0) is 44.4 Å². The van der Waals surface area contributed by atoms with E-state index in [0.717, 1.165) is 18.4 Å². The number of hydrogen-bond donors (Lipinski definition) is 1. The number of amides is 1. The molecule has 0 spiro atoms. The monoisotopic (exact) mass is 295 g/mol. The molecule has 108 valence electrons. The average Bonchev–Trinajstić information content (AvgIpc) is 3.22. The number of benzene rings is 1. The highest BCUT2D eigenvalue weighted by molar-refractivity contribution is 6.30. The summed E-state index contributed by atoms with van der Waals surface area (Å²) in [6, 6.07) is 6.41. The molecule has 1 saturated carbocycles. The number of hydrogen-bond acceptors (Lipinski definition) is 2. The first kappa shape index (κ1) is 14.9. The molecule has 0 saturated heterocycles. The lowest BCUT2D eigenvalue weighted by Crippen LogP contribution is -2.46. The lowest BCUT2D eigenvalue weighted by Gasteiger charge is -2.29. The molecule has 0 bridgehead atoms. The van der Waals surface area contributed by atoms with Crippen LogP contribution in [0.3, 0.4) is 0 Å². The maximum atomic E-state index is 12.6. The van der Waals surface area contributed by atoms with Crippen LogP contribution in [0.4, 0.5) is 0 Å². The van der Waals surface area contributed by atoms with E-state index in [1.54, 1.807) is 32.0 Å². The maximum absolute atomic E-state index is 12.6. The predicted octanol–water partition coefficient (Wildman–Crippen LogP) is 2.91. The first-order chi connectivity index (χ1) is 9.41. The zero-order valence-electron chi connectivity index (χ0n) is 11.5. The summed E-state index contributed by atoms with van der Waals surface area (Å²) in [5.74, 6) is -1.51. The van der Waals surface area contributed by atoms with Gasteiger partial charge in [0.25, 0.3) is 0 Å². The smallest absolute Gasteiger partial charge is 0.326 e. The summed E-state index contributed by atoms with van der Waals surface area (Å²) in [4.78, 5) is 25.3. The fraction of sp³-hybridized carbons (Fsp3) is 0.467. The molecule has 5 heteroatoms. The number of carboxylic acids is 1. The van der Waals surface area contributed by atoms with E-state index in [1.807, 2.05) is 6.07 Å². The molecule has 1 aliphatic rings. The van der Waals surface area contributed by atoms with Crippen molar-refractivity contribution in [1.29, 1.82) is 0 Å². The van der Waals surface area contributed by atoms with Gasteiger partial charge in [0.05, 0.1) is 5.92 Å². The van der Waals surface area contributed by atoms with Gasteiger partial charge in [-0.2, -0.15) is 0 Å². The summed E-state index contributed by atoms with van der Waals surface area (Å²) in [5.41, 5.74) is 0.811. The molecule has 0 radical (unpaired) electrons. The van der Waals surface area contributed by atoms with Crippen molar-refractivity contribution in [1.82, 2.24) is 4.90 Å². The van der Waals surface area contributed by atoms with Gasteiger partial charge in [0, 0.05) is 11.1 Å². The van der Waals surface area contributed by atoms with Gasteiger partial charge in [0.15, 0.2) is 0 Å². The minimum absolute atomic E-state index is 0.0650. The zero-order valence-corrected chi connectivity index (χ0v) is 12.3. The predicted molar refractivity (Wildman–Crippen MR) is 76.8 cm³/mol. The fourth-order valence-electron chi connectivity index (χ4n) is 2.30. The Hall–Kier alpha value is -1.55. The van der Waals surface area contributed by atoms with Crippen molar-refractivity contribution in [3.05, 3.63) is 34.9 Å². The van der Waals surface area contributed by atoms with Gasteiger partial charge in [0.1, 0.15) is 6.04 Å². The van der Waals surface area contributed by atoms with Crippen LogP contribution in [0.1, 0.15) is 38.2 Å². The molecule has 0 aliphatic heterocycles. The Labute approximate surface area is 123 Å². The second kappa shape index (κ2) is 5.83. The van der Waals surface area contributed by atoms with Crippen LogP contribution in [0.2, 0.25) is 5.02 Å². The van der Waals surface area contributed by atoms with Crippen LogP contribution in [0.25, 0.3) is 0 Å². The molecule has 1 amide bonds. The molecule has 2 rings (SSSR count). The van der Waals surface area contributed by atoms with Crippen molar-refractivity contribution >= 4 is 23.5 Å². The molecule has 1 aromatic carbocycles. The molecule has 20 heavy (non-hydrogen) atoms. The number of halogens is 1. The number of rotatable bonds is 5. The van der Waals surface area contributed by atoms with Crippen molar-refractivity contribution in [2.75, 3.05) is 0 Å². The lowest BCUT2D eigenvalue weighted by atomic mass is 9.99. The van der Waals surface area contributed by atoms with Crippen LogP contribution >= 0.6 is 11.6 Å². The molecule has 1 aliphatic carbocycles. The number of carboxylic acid groups (broad SMARTS) is 1. The highest BCUT2D eigenvalue weighted by Crippen LogP contribution is 2.32. The van der Waals surface area contributed by atoms with Crippen LogP contribution < -0.4 is 0 Å². The largest absolute Gasteiger partial charge is 0.480 e. The quantitative estimate of drug-likeness (QED) is 0.908. The second-order valence-electron chi connectivity index (χ2n) is 5.27. The Morgan fingerprint density at radius 1 is 1.35 bits per heavy atom. The van der Waals surface area contributed by atoms with Crippen molar-refractivity contribution in [2.45, 2.75) is 44.7 Å². The third kappa shape index (κ3) is 3.12. The summed E-state index contributed by atoms with van der Waals surface area (Å²) >= 11 is 5.94. The van der Waals surface area contributed by atoms with E-state index >= 15 is 0 Å². The Bertz CT molecular complexity index is 528. The van der Waals surface area contributed by atoms with Gasteiger partial charge in [0.2, 0.25) is 5.91 Å². The van der Waals surface area contributed by atoms with Crippen LogP contribution in [0, 0.1) is 0 Å². The van der Waals surface area contributed by atoms with Crippen molar-refractivity contribution in [3.8, 4) is 0 Å². The molecule has 0 heterocycles. The molecule has 2 atom stereocenters. The van der Waals surface area contributed by atoms with Gasteiger partial charge >= 0.3 is 5.97 Å². The number of carbonyl (C=O) groups excluding carboxylic acids is 1. The van der Waals surface area contributed by atoms with Gasteiger partial charge in [-0.3, -0.25) is 4.79 Å². The number of aliphatic carboxylic acids is 1. The van der Waals surface area contributed by atoms with E-state index in [1.165, 1.54) is 4.90 Å². The Morgan fingerprint density at radius 2 is 2.00 bits per heavy atom. The molecule has 1 aromatic rings. The van der Waals surface area contributed by atoms with Crippen LogP contribution in [-0.4, -0.2) is 34.0 Å². The molecule has 0 aromatic heterocycles. The second-order valence-corrected chi connectivity index (χ2v) is 5.70. The Balaban J connectivity index is 2.21. The number of carbonyl (C=O) groups is 2. The molecule has 1 N–H and O–H groups in total. The van der Waals surface area contributed by atoms with E-state index in [-0.39, 0.29) is 11.9 Å².